The van der Waals surface area contributed by atoms with Crippen molar-refractivity contribution in [2.45, 2.75) is 24.1 Å². The van der Waals surface area contributed by atoms with E-state index >= 15 is 0 Å². The van der Waals surface area contributed by atoms with Crippen LogP contribution >= 0.6 is 23.1 Å². The summed E-state index contributed by atoms with van der Waals surface area (Å²) >= 11 is 2.99. The molecule has 2 N–H and O–H groups in total. The Bertz CT molecular complexity index is 603. The molecule has 1 amide bonds. The lowest BCUT2D eigenvalue weighted by Crippen LogP contribution is -2.12. The van der Waals surface area contributed by atoms with Crippen molar-refractivity contribution >= 4 is 39.8 Å². The smallest absolute Gasteiger partial charge is 0.225 e. The summed E-state index contributed by atoms with van der Waals surface area (Å²) < 4.78 is 13.6. The molecule has 1 aromatic heterocycles. The van der Waals surface area contributed by atoms with Gasteiger partial charge in [0.1, 0.15) is 5.82 Å². The van der Waals surface area contributed by atoms with Gasteiger partial charge in [-0.05, 0) is 30.7 Å². The number of nitrogens with one attached hydrogen (secondary N) is 2. The highest BCUT2D eigenvalue weighted by Gasteiger charge is 2.07. The number of benzene rings is 1. The van der Waals surface area contributed by atoms with Crippen LogP contribution < -0.4 is 10.6 Å². The van der Waals surface area contributed by atoms with Crippen molar-refractivity contribution in [3.05, 3.63) is 30.1 Å². The van der Waals surface area contributed by atoms with E-state index < -0.39 is 0 Å². The van der Waals surface area contributed by atoms with Gasteiger partial charge in [0.25, 0.3) is 0 Å². The maximum absolute atomic E-state index is 12.8. The third-order valence-electron chi connectivity index (χ3n) is 2.62. The van der Waals surface area contributed by atoms with Gasteiger partial charge >= 0.3 is 0 Å². The average molecular weight is 340 g/mol. The van der Waals surface area contributed by atoms with Crippen LogP contribution in [0, 0.1) is 5.82 Å². The van der Waals surface area contributed by atoms with Crippen LogP contribution in [0.4, 0.5) is 15.2 Å². The zero-order valence-corrected chi connectivity index (χ0v) is 13.8. The van der Waals surface area contributed by atoms with E-state index in [2.05, 4.69) is 27.8 Å². The molecule has 118 valence electrons. The molecule has 8 heteroatoms. The predicted octanol–water partition coefficient (Wildman–Crippen LogP) is 3.62. The van der Waals surface area contributed by atoms with Crippen LogP contribution in [-0.4, -0.2) is 28.4 Å². The van der Waals surface area contributed by atoms with Crippen molar-refractivity contribution in [3.63, 3.8) is 0 Å². The van der Waals surface area contributed by atoms with Gasteiger partial charge in [0, 0.05) is 24.4 Å². The van der Waals surface area contributed by atoms with Gasteiger partial charge in [-0.15, -0.1) is 10.2 Å². The van der Waals surface area contributed by atoms with Crippen LogP contribution in [0.15, 0.2) is 28.6 Å². The molecule has 0 saturated carbocycles. The summed E-state index contributed by atoms with van der Waals surface area (Å²) in [7, 11) is 0. The first-order valence-electron chi connectivity index (χ1n) is 6.93. The second-order valence-corrected chi connectivity index (χ2v) is 6.77. The standard InChI is InChI=1S/C14H17FN4OS2/c1-2-8-16-13-18-19-14(22-13)21-9-7-12(20)17-11-5-3-10(15)4-6-11/h3-6H,2,7-9H2,1H3,(H,16,18)(H,17,20). The number of carbonyl (C=O) groups is 1. The van der Waals surface area contributed by atoms with Crippen LogP contribution in [0.5, 0.6) is 0 Å². The number of anilines is 2. The molecule has 1 aromatic carbocycles. The summed E-state index contributed by atoms with van der Waals surface area (Å²) in [4.78, 5) is 11.8. The first kappa shape index (κ1) is 16.7. The van der Waals surface area contributed by atoms with Gasteiger partial charge < -0.3 is 10.6 Å². The van der Waals surface area contributed by atoms with Gasteiger partial charge in [-0.25, -0.2) is 4.39 Å². The minimum Gasteiger partial charge on any atom is -0.360 e. The van der Waals surface area contributed by atoms with E-state index in [1.165, 1.54) is 47.4 Å². The van der Waals surface area contributed by atoms with Crippen molar-refractivity contribution in [1.82, 2.24) is 10.2 Å². The zero-order valence-electron chi connectivity index (χ0n) is 12.1. The molecular formula is C14H17FN4OS2. The normalized spacial score (nSPS) is 10.5. The Hall–Kier alpha value is -1.67. The van der Waals surface area contributed by atoms with Crippen molar-refractivity contribution < 1.29 is 9.18 Å². The average Bonchev–Trinajstić information content (AvgIpc) is 2.95. The van der Waals surface area contributed by atoms with Crippen molar-refractivity contribution in [1.29, 1.82) is 0 Å². The van der Waals surface area contributed by atoms with Gasteiger partial charge in [-0.2, -0.15) is 0 Å². The van der Waals surface area contributed by atoms with Crippen LogP contribution in [0.3, 0.4) is 0 Å². The molecule has 0 atom stereocenters. The number of rotatable bonds is 8. The fourth-order valence-electron chi connectivity index (χ4n) is 1.56. The maximum atomic E-state index is 12.8. The number of amides is 1. The molecule has 2 rings (SSSR count). The molecule has 0 spiro atoms. The molecule has 0 aliphatic carbocycles. The van der Waals surface area contributed by atoms with Crippen molar-refractivity contribution in [2.24, 2.45) is 0 Å². The minimum absolute atomic E-state index is 0.104. The largest absolute Gasteiger partial charge is 0.360 e. The molecule has 0 aliphatic rings. The number of hydrogen-bond donors (Lipinski definition) is 2. The number of thioether (sulfide) groups is 1. The fraction of sp³-hybridized carbons (Fsp3) is 0.357. The van der Waals surface area contributed by atoms with Gasteiger partial charge in [0.05, 0.1) is 0 Å². The zero-order chi connectivity index (χ0) is 15.8. The second kappa shape index (κ2) is 8.70. The third-order valence-corrected chi connectivity index (χ3v) is 4.63. The quantitative estimate of drug-likeness (QED) is 0.719. The first-order valence-corrected chi connectivity index (χ1v) is 8.73. The number of carbonyl (C=O) groups excluding carboxylic acids is 1. The SMILES string of the molecule is CCCNc1nnc(SCCC(=O)Nc2ccc(F)cc2)s1. The highest BCUT2D eigenvalue weighted by molar-refractivity contribution is 8.01. The van der Waals surface area contributed by atoms with Gasteiger partial charge in [-0.1, -0.05) is 30.0 Å². The molecule has 1 heterocycles. The summed E-state index contributed by atoms with van der Waals surface area (Å²) in [5.74, 6) is 0.195. The highest BCUT2D eigenvalue weighted by atomic mass is 32.2. The Morgan fingerprint density at radius 2 is 2.09 bits per heavy atom. The van der Waals surface area contributed by atoms with Crippen molar-refractivity contribution in [2.75, 3.05) is 22.9 Å². The van der Waals surface area contributed by atoms with E-state index in [0.29, 0.717) is 17.9 Å². The van der Waals surface area contributed by atoms with Gasteiger partial charge in [0.15, 0.2) is 4.34 Å². The lowest BCUT2D eigenvalue weighted by Gasteiger charge is -2.04. The molecule has 0 fully saturated rings. The lowest BCUT2D eigenvalue weighted by atomic mass is 10.3. The molecule has 0 unspecified atom stereocenters. The highest BCUT2D eigenvalue weighted by Crippen LogP contribution is 2.25. The Morgan fingerprint density at radius 1 is 1.32 bits per heavy atom. The Labute approximate surface area is 136 Å². The second-order valence-electron chi connectivity index (χ2n) is 4.45. The topological polar surface area (TPSA) is 66.9 Å². The van der Waals surface area contributed by atoms with E-state index in [1.807, 2.05) is 0 Å². The van der Waals surface area contributed by atoms with Crippen LogP contribution in [-0.2, 0) is 4.79 Å². The summed E-state index contributed by atoms with van der Waals surface area (Å²) in [6, 6.07) is 5.71. The Morgan fingerprint density at radius 3 is 2.82 bits per heavy atom. The maximum Gasteiger partial charge on any atom is 0.225 e. The summed E-state index contributed by atoms with van der Waals surface area (Å²) in [6.07, 6.45) is 1.39. The molecule has 2 aromatic rings. The number of hydrogen-bond acceptors (Lipinski definition) is 6. The van der Waals surface area contributed by atoms with Crippen LogP contribution in [0.2, 0.25) is 0 Å². The lowest BCUT2D eigenvalue weighted by molar-refractivity contribution is -0.115. The molecular weight excluding hydrogens is 323 g/mol. The summed E-state index contributed by atoms with van der Waals surface area (Å²) in [5, 5.41) is 14.8. The Balaban J connectivity index is 1.70. The summed E-state index contributed by atoms with van der Waals surface area (Å²) in [6.45, 7) is 2.96. The fourth-order valence-corrected chi connectivity index (χ4v) is 3.35. The molecule has 0 aliphatic heterocycles. The molecule has 0 radical (unpaired) electrons. The van der Waals surface area contributed by atoms with Gasteiger partial charge in [-0.3, -0.25) is 4.79 Å². The minimum atomic E-state index is -0.322. The van der Waals surface area contributed by atoms with E-state index in [4.69, 9.17) is 0 Å². The van der Waals surface area contributed by atoms with E-state index in [0.717, 1.165) is 22.4 Å². The van der Waals surface area contributed by atoms with E-state index in [-0.39, 0.29) is 11.7 Å². The predicted molar refractivity (Wildman–Crippen MR) is 89.1 cm³/mol. The first-order chi connectivity index (χ1) is 10.7. The summed E-state index contributed by atoms with van der Waals surface area (Å²) in [5.41, 5.74) is 0.596. The van der Waals surface area contributed by atoms with E-state index in [9.17, 15) is 9.18 Å². The molecule has 0 saturated heterocycles. The number of nitrogens with zero attached hydrogens (tertiary/aromatic N) is 2. The monoisotopic (exact) mass is 340 g/mol. The van der Waals surface area contributed by atoms with Gasteiger partial charge in [0.2, 0.25) is 11.0 Å². The molecule has 22 heavy (non-hydrogen) atoms. The van der Waals surface area contributed by atoms with Crippen LogP contribution in [0.1, 0.15) is 19.8 Å². The van der Waals surface area contributed by atoms with Crippen LogP contribution in [0.25, 0.3) is 0 Å². The number of halogens is 1. The third kappa shape index (κ3) is 5.61. The van der Waals surface area contributed by atoms with E-state index in [1.54, 1.807) is 0 Å². The molecule has 0 bridgehead atoms. The molecule has 5 nitrogen and oxygen atoms in total. The number of aromatic nitrogens is 2. The Kier molecular flexibility index (Phi) is 6.60. The van der Waals surface area contributed by atoms with Crippen molar-refractivity contribution in [3.8, 4) is 0 Å².